The molecule has 30 heavy (non-hydrogen) atoms. The Bertz CT molecular complexity index is 814. The minimum absolute atomic E-state index is 0.208. The quantitative estimate of drug-likeness (QED) is 0.715. The van der Waals surface area contributed by atoms with E-state index in [-0.39, 0.29) is 5.91 Å². The van der Waals surface area contributed by atoms with Gasteiger partial charge in [0.25, 0.3) is 0 Å². The second kappa shape index (κ2) is 9.75. The van der Waals surface area contributed by atoms with Crippen LogP contribution in [0.2, 0.25) is 0 Å². The molecule has 8 heteroatoms. The molecular weight excluding hydrogens is 382 g/mol. The smallest absolute Gasteiger partial charge is 0.223 e. The van der Waals surface area contributed by atoms with Gasteiger partial charge in [-0.2, -0.15) is 0 Å². The van der Waals surface area contributed by atoms with Crippen molar-refractivity contribution in [1.82, 2.24) is 15.1 Å². The van der Waals surface area contributed by atoms with Crippen molar-refractivity contribution in [3.05, 3.63) is 42.0 Å². The maximum atomic E-state index is 12.6. The minimum atomic E-state index is 0.208. The topological polar surface area (TPSA) is 71.0 Å². The number of hydrogen-bond donors (Lipinski definition) is 0. The summed E-state index contributed by atoms with van der Waals surface area (Å²) in [5.74, 6) is 2.81. The molecule has 0 bridgehead atoms. The summed E-state index contributed by atoms with van der Waals surface area (Å²) in [5.41, 5.74) is 1.15. The molecule has 160 valence electrons. The van der Waals surface area contributed by atoms with Gasteiger partial charge in [0.05, 0.1) is 20.3 Å². The van der Waals surface area contributed by atoms with Crippen LogP contribution in [0, 0.1) is 0 Å². The fraction of sp³-hybridized carbons (Fsp3) is 0.500. The lowest BCUT2D eigenvalue weighted by molar-refractivity contribution is -0.131. The Kier molecular flexibility index (Phi) is 6.63. The molecule has 2 aromatic rings. The van der Waals surface area contributed by atoms with Crippen LogP contribution in [0.1, 0.15) is 12.0 Å². The van der Waals surface area contributed by atoms with Crippen molar-refractivity contribution in [3.8, 4) is 5.75 Å². The lowest BCUT2D eigenvalue weighted by atomic mass is 10.1. The van der Waals surface area contributed by atoms with Crippen LogP contribution in [0.15, 0.2) is 36.4 Å². The van der Waals surface area contributed by atoms with Crippen molar-refractivity contribution in [2.24, 2.45) is 0 Å². The van der Waals surface area contributed by atoms with Gasteiger partial charge in [-0.25, -0.2) is 0 Å². The number of carbonyl (C=O) groups is 1. The van der Waals surface area contributed by atoms with Crippen LogP contribution >= 0.6 is 0 Å². The molecule has 3 heterocycles. The van der Waals surface area contributed by atoms with Gasteiger partial charge in [-0.15, -0.1) is 10.2 Å². The summed E-state index contributed by atoms with van der Waals surface area (Å²) in [5, 5.41) is 8.81. The highest BCUT2D eigenvalue weighted by molar-refractivity contribution is 5.76. The molecule has 0 N–H and O–H groups in total. The second-order valence-electron chi connectivity index (χ2n) is 7.57. The number of anilines is 2. The molecule has 0 spiro atoms. The van der Waals surface area contributed by atoms with E-state index in [2.05, 4.69) is 20.0 Å². The summed E-state index contributed by atoms with van der Waals surface area (Å²) in [7, 11) is 1.66. The number of nitrogens with zero attached hydrogens (tertiary/aromatic N) is 5. The van der Waals surface area contributed by atoms with Crippen LogP contribution in [0.25, 0.3) is 0 Å². The number of aromatic nitrogens is 2. The highest BCUT2D eigenvalue weighted by Crippen LogP contribution is 2.18. The van der Waals surface area contributed by atoms with E-state index in [1.807, 2.05) is 41.3 Å². The average molecular weight is 412 g/mol. The van der Waals surface area contributed by atoms with Crippen LogP contribution in [0.4, 0.5) is 11.6 Å². The number of aryl methyl sites for hydroxylation is 1. The molecule has 4 rings (SSSR count). The van der Waals surface area contributed by atoms with Crippen molar-refractivity contribution in [2.75, 3.05) is 69.4 Å². The number of amides is 1. The van der Waals surface area contributed by atoms with Crippen LogP contribution in [0.5, 0.6) is 5.75 Å². The number of carbonyl (C=O) groups excluding carboxylic acids is 1. The van der Waals surface area contributed by atoms with Crippen LogP contribution in [-0.4, -0.2) is 80.6 Å². The van der Waals surface area contributed by atoms with E-state index in [0.29, 0.717) is 19.5 Å². The molecule has 0 aliphatic carbocycles. The van der Waals surface area contributed by atoms with Crippen molar-refractivity contribution < 1.29 is 14.3 Å². The summed E-state index contributed by atoms with van der Waals surface area (Å²) in [4.78, 5) is 18.9. The van der Waals surface area contributed by atoms with E-state index in [4.69, 9.17) is 9.47 Å². The third kappa shape index (κ3) is 4.99. The van der Waals surface area contributed by atoms with E-state index in [1.54, 1.807) is 7.11 Å². The van der Waals surface area contributed by atoms with Gasteiger partial charge in [0.15, 0.2) is 11.6 Å². The summed E-state index contributed by atoms with van der Waals surface area (Å²) in [6.45, 7) is 6.16. The van der Waals surface area contributed by atoms with Gasteiger partial charge in [0.2, 0.25) is 5.91 Å². The molecule has 2 saturated heterocycles. The number of benzene rings is 1. The first-order valence-electron chi connectivity index (χ1n) is 10.5. The van der Waals surface area contributed by atoms with E-state index in [0.717, 1.165) is 68.8 Å². The van der Waals surface area contributed by atoms with Gasteiger partial charge >= 0.3 is 0 Å². The maximum absolute atomic E-state index is 12.6. The van der Waals surface area contributed by atoms with Crippen LogP contribution < -0.4 is 14.5 Å². The predicted octanol–water partition coefficient (Wildman–Crippen LogP) is 1.60. The molecule has 0 unspecified atom stereocenters. The van der Waals surface area contributed by atoms with E-state index in [1.165, 1.54) is 0 Å². The molecule has 1 aromatic heterocycles. The average Bonchev–Trinajstić information content (AvgIpc) is 2.83. The van der Waals surface area contributed by atoms with Crippen LogP contribution in [0.3, 0.4) is 0 Å². The third-order valence-corrected chi connectivity index (χ3v) is 5.71. The van der Waals surface area contributed by atoms with Crippen molar-refractivity contribution in [3.63, 3.8) is 0 Å². The van der Waals surface area contributed by atoms with Crippen LogP contribution in [-0.2, 0) is 16.0 Å². The van der Waals surface area contributed by atoms with Gasteiger partial charge in [0, 0.05) is 45.7 Å². The molecule has 8 nitrogen and oxygen atoms in total. The zero-order valence-corrected chi connectivity index (χ0v) is 17.5. The standard InChI is InChI=1S/C22H29N5O3/c1-29-19-5-2-18(3-6-19)4-9-22(28)27-12-10-25(11-13-27)20-7-8-21(24-23-20)26-14-16-30-17-15-26/h2-3,5-8H,4,9-17H2,1H3. The molecule has 0 saturated carbocycles. The Balaban J connectivity index is 1.24. The number of hydrogen-bond acceptors (Lipinski definition) is 7. The van der Waals surface area contributed by atoms with Crippen molar-refractivity contribution in [1.29, 1.82) is 0 Å². The highest BCUT2D eigenvalue weighted by Gasteiger charge is 2.22. The first-order chi connectivity index (χ1) is 14.7. The molecule has 0 radical (unpaired) electrons. The lowest BCUT2D eigenvalue weighted by Crippen LogP contribution is -2.49. The Morgan fingerprint density at radius 1 is 0.900 bits per heavy atom. The SMILES string of the molecule is COc1ccc(CCC(=O)N2CCN(c3ccc(N4CCOCC4)nn3)CC2)cc1. The monoisotopic (exact) mass is 411 g/mol. The Hall–Kier alpha value is -2.87. The summed E-state index contributed by atoms with van der Waals surface area (Å²) < 4.78 is 10.6. The Labute approximate surface area is 177 Å². The molecule has 2 aliphatic rings. The van der Waals surface area contributed by atoms with Gasteiger partial charge in [0.1, 0.15) is 5.75 Å². The third-order valence-electron chi connectivity index (χ3n) is 5.71. The lowest BCUT2D eigenvalue weighted by Gasteiger charge is -2.35. The van der Waals surface area contributed by atoms with Crippen molar-refractivity contribution >= 4 is 17.5 Å². The number of ether oxygens (including phenoxy) is 2. The van der Waals surface area contributed by atoms with E-state index < -0.39 is 0 Å². The van der Waals surface area contributed by atoms with Crippen molar-refractivity contribution in [2.45, 2.75) is 12.8 Å². The molecule has 2 aliphatic heterocycles. The molecule has 0 atom stereocenters. The highest BCUT2D eigenvalue weighted by atomic mass is 16.5. The number of rotatable bonds is 6. The second-order valence-corrected chi connectivity index (χ2v) is 7.57. The summed E-state index contributed by atoms with van der Waals surface area (Å²) >= 11 is 0. The van der Waals surface area contributed by atoms with Gasteiger partial charge in [-0.05, 0) is 36.2 Å². The Morgan fingerprint density at radius 3 is 2.07 bits per heavy atom. The zero-order chi connectivity index (χ0) is 20.8. The molecule has 1 amide bonds. The first kappa shape index (κ1) is 20.4. The first-order valence-corrected chi connectivity index (χ1v) is 10.5. The molecular formula is C22H29N5O3. The molecule has 1 aromatic carbocycles. The van der Waals surface area contributed by atoms with E-state index in [9.17, 15) is 4.79 Å². The fourth-order valence-electron chi connectivity index (χ4n) is 3.83. The predicted molar refractivity (Wildman–Crippen MR) is 115 cm³/mol. The summed E-state index contributed by atoms with van der Waals surface area (Å²) in [6.07, 6.45) is 1.28. The Morgan fingerprint density at radius 2 is 1.50 bits per heavy atom. The minimum Gasteiger partial charge on any atom is -0.497 e. The number of morpholine rings is 1. The summed E-state index contributed by atoms with van der Waals surface area (Å²) in [6, 6.07) is 12.0. The largest absolute Gasteiger partial charge is 0.497 e. The number of piperazine rings is 1. The zero-order valence-electron chi connectivity index (χ0n) is 17.5. The maximum Gasteiger partial charge on any atom is 0.223 e. The fourth-order valence-corrected chi connectivity index (χ4v) is 3.83. The van der Waals surface area contributed by atoms with Gasteiger partial charge in [-0.3, -0.25) is 4.79 Å². The normalized spacial score (nSPS) is 17.2. The van der Waals surface area contributed by atoms with Gasteiger partial charge in [-0.1, -0.05) is 12.1 Å². The molecule has 2 fully saturated rings. The van der Waals surface area contributed by atoms with Gasteiger partial charge < -0.3 is 24.2 Å². The number of methoxy groups -OCH3 is 1. The van der Waals surface area contributed by atoms with E-state index >= 15 is 0 Å².